The van der Waals surface area contributed by atoms with Crippen LogP contribution < -0.4 is 15.9 Å². The van der Waals surface area contributed by atoms with Gasteiger partial charge in [0.05, 0.1) is 0 Å². The molecule has 0 fully saturated rings. The molecule has 0 saturated heterocycles. The molecule has 36 heavy (non-hydrogen) atoms. The van der Waals surface area contributed by atoms with E-state index in [9.17, 15) is 0 Å². The first kappa shape index (κ1) is 26.3. The van der Waals surface area contributed by atoms with Crippen molar-refractivity contribution in [3.05, 3.63) is 126 Å². The van der Waals surface area contributed by atoms with Gasteiger partial charge in [-0.25, -0.2) is 0 Å². The first-order valence-corrected chi connectivity index (χ1v) is 15.9. The van der Waals surface area contributed by atoms with Gasteiger partial charge in [0.25, 0.3) is 0 Å². The number of hydrogen-bond acceptors (Lipinski definition) is 1. The van der Waals surface area contributed by atoms with Crippen molar-refractivity contribution in [2.75, 3.05) is 6.61 Å². The normalized spacial score (nSPS) is 11.9. The van der Waals surface area contributed by atoms with E-state index in [0.717, 1.165) is 19.2 Å². The second-order valence-corrected chi connectivity index (χ2v) is 13.7. The van der Waals surface area contributed by atoms with Gasteiger partial charge in [-0.05, 0) is 0 Å². The molecular weight excluding hydrogens is 455 g/mol. The Bertz CT molecular complexity index is 1040. The number of hydrogen-bond donors (Lipinski definition) is 0. The maximum absolute atomic E-state index is 6.21. The molecule has 0 aromatic heterocycles. The number of benzene rings is 4. The van der Waals surface area contributed by atoms with Crippen LogP contribution in [0.2, 0.25) is 0 Å². The Labute approximate surface area is 218 Å². The van der Waals surface area contributed by atoms with Crippen LogP contribution in [0.5, 0.6) is 0 Å². The van der Waals surface area contributed by atoms with Crippen molar-refractivity contribution in [3.63, 3.8) is 0 Å². The average molecular weight is 497 g/mol. The van der Waals surface area contributed by atoms with Crippen LogP contribution in [0.25, 0.3) is 0 Å². The van der Waals surface area contributed by atoms with Crippen molar-refractivity contribution in [1.82, 2.24) is 0 Å². The second kappa shape index (κ2) is 14.1. The third kappa shape index (κ3) is 6.73. The molecule has 188 valence electrons. The molecule has 0 aliphatic carbocycles. The molecule has 0 spiro atoms. The summed E-state index contributed by atoms with van der Waals surface area (Å²) in [6, 6.07) is 42.5. The molecule has 0 atom stereocenters. The molecule has 4 rings (SSSR count). The number of ether oxygens (including phenoxy) is 1. The van der Waals surface area contributed by atoms with Crippen LogP contribution in [0, 0.1) is 0 Å². The zero-order valence-electron chi connectivity index (χ0n) is 21.7. The van der Waals surface area contributed by atoms with Crippen LogP contribution >= 0.6 is 7.26 Å². The van der Waals surface area contributed by atoms with Gasteiger partial charge in [-0.3, -0.25) is 0 Å². The third-order valence-corrected chi connectivity index (χ3v) is 12.1. The first-order chi connectivity index (χ1) is 17.8. The van der Waals surface area contributed by atoms with E-state index in [1.807, 2.05) is 0 Å². The Morgan fingerprint density at radius 3 is 1.47 bits per heavy atom. The fourth-order valence-electron chi connectivity index (χ4n) is 5.30. The summed E-state index contributed by atoms with van der Waals surface area (Å²) in [6.45, 7) is 3.80. The predicted molar refractivity (Wildman–Crippen MR) is 160 cm³/mol. The van der Waals surface area contributed by atoms with E-state index >= 15 is 0 Å². The van der Waals surface area contributed by atoms with Crippen LogP contribution in [0.1, 0.15) is 56.6 Å². The fraction of sp³-hybridized carbons (Fsp3) is 0.294. The summed E-state index contributed by atoms with van der Waals surface area (Å²) in [7, 11) is -2.32. The van der Waals surface area contributed by atoms with Gasteiger partial charge in [-0.2, -0.15) is 0 Å². The van der Waals surface area contributed by atoms with E-state index in [4.69, 9.17) is 4.74 Å². The molecule has 0 heterocycles. The van der Waals surface area contributed by atoms with E-state index in [1.165, 1.54) is 59.1 Å². The topological polar surface area (TPSA) is 9.23 Å². The molecule has 2 heteroatoms. The van der Waals surface area contributed by atoms with Crippen LogP contribution in [-0.4, -0.2) is 6.61 Å². The molecule has 1 nitrogen and oxygen atoms in total. The summed E-state index contributed by atoms with van der Waals surface area (Å²) in [5.41, 5.74) is 2.73. The van der Waals surface area contributed by atoms with Crippen LogP contribution in [0.3, 0.4) is 0 Å². The van der Waals surface area contributed by atoms with Gasteiger partial charge < -0.3 is 0 Å². The molecule has 4 aromatic rings. The average Bonchev–Trinajstić information content (AvgIpc) is 2.95. The van der Waals surface area contributed by atoms with Gasteiger partial charge in [0.1, 0.15) is 0 Å². The Kier molecular flexibility index (Phi) is 10.3. The van der Waals surface area contributed by atoms with Crippen molar-refractivity contribution in [1.29, 1.82) is 0 Å². The summed E-state index contributed by atoms with van der Waals surface area (Å²) in [5.74, 6) is 0. The van der Waals surface area contributed by atoms with Crippen molar-refractivity contribution in [2.45, 2.75) is 58.2 Å². The second-order valence-electron chi connectivity index (χ2n) is 9.77. The molecule has 0 unspecified atom stereocenters. The Hall–Kier alpha value is -2.73. The van der Waals surface area contributed by atoms with Gasteiger partial charge in [0, 0.05) is 0 Å². The SMILES string of the molecule is CCCCCCCCOCc1ccccc1C[PH](c1ccccc1)(c1ccccc1)c1ccccc1. The van der Waals surface area contributed by atoms with E-state index in [1.54, 1.807) is 0 Å². The van der Waals surface area contributed by atoms with Gasteiger partial charge in [-0.1, -0.05) is 6.92 Å². The van der Waals surface area contributed by atoms with E-state index < -0.39 is 7.26 Å². The summed E-state index contributed by atoms with van der Waals surface area (Å²) < 4.78 is 6.21. The van der Waals surface area contributed by atoms with Crippen molar-refractivity contribution in [2.24, 2.45) is 0 Å². The third-order valence-electron chi connectivity index (χ3n) is 7.27. The van der Waals surface area contributed by atoms with Gasteiger partial charge in [0.2, 0.25) is 0 Å². The Balaban J connectivity index is 1.63. The molecule has 0 N–H and O–H groups in total. The van der Waals surface area contributed by atoms with E-state index in [-0.39, 0.29) is 0 Å². The maximum atomic E-state index is 6.21. The van der Waals surface area contributed by atoms with Crippen LogP contribution in [0.15, 0.2) is 115 Å². The zero-order valence-corrected chi connectivity index (χ0v) is 22.7. The Morgan fingerprint density at radius 1 is 0.500 bits per heavy atom. The van der Waals surface area contributed by atoms with Crippen molar-refractivity contribution < 1.29 is 4.74 Å². The minimum atomic E-state index is -2.32. The molecule has 0 bridgehead atoms. The monoisotopic (exact) mass is 496 g/mol. The van der Waals surface area contributed by atoms with Crippen molar-refractivity contribution in [3.8, 4) is 0 Å². The quantitative estimate of drug-likeness (QED) is 0.128. The molecule has 0 aliphatic heterocycles. The fourth-order valence-corrected chi connectivity index (χ4v) is 10.1. The predicted octanol–water partition coefficient (Wildman–Crippen LogP) is 7.79. The Morgan fingerprint density at radius 2 is 0.944 bits per heavy atom. The standard InChI is InChI=1S/C34H41OP/c1-2-3-4-5-6-18-27-35-28-30-19-16-17-20-31(30)29-36(32-21-10-7-11-22-32,33-23-12-8-13-24-33)34-25-14-9-15-26-34/h7-17,19-26,36H,2-6,18,27-29H2,1H3. The molecule has 0 aliphatic rings. The molecular formula is C34H41OP. The summed E-state index contributed by atoms with van der Waals surface area (Å²) in [5, 5.41) is 4.35. The number of rotatable bonds is 14. The molecule has 0 saturated carbocycles. The summed E-state index contributed by atoms with van der Waals surface area (Å²) in [6.07, 6.45) is 8.77. The van der Waals surface area contributed by atoms with Crippen LogP contribution in [0.4, 0.5) is 0 Å². The van der Waals surface area contributed by atoms with Gasteiger partial charge in [-0.15, -0.1) is 0 Å². The van der Waals surface area contributed by atoms with Gasteiger partial charge in [0.15, 0.2) is 0 Å². The van der Waals surface area contributed by atoms with Crippen LogP contribution in [-0.2, 0) is 17.5 Å². The zero-order chi connectivity index (χ0) is 24.9. The number of unbranched alkanes of at least 4 members (excludes halogenated alkanes) is 5. The van der Waals surface area contributed by atoms with E-state index in [0.29, 0.717) is 6.61 Å². The first-order valence-electron chi connectivity index (χ1n) is 13.7. The summed E-state index contributed by atoms with van der Waals surface area (Å²) >= 11 is 0. The minimum absolute atomic E-state index is 0.688. The van der Waals surface area contributed by atoms with Gasteiger partial charge >= 0.3 is 212 Å². The molecule has 4 aromatic carbocycles. The van der Waals surface area contributed by atoms with Crippen molar-refractivity contribution >= 4 is 23.2 Å². The van der Waals surface area contributed by atoms with E-state index in [2.05, 4.69) is 122 Å². The summed E-state index contributed by atoms with van der Waals surface area (Å²) in [4.78, 5) is 0. The molecule has 0 amide bonds. The molecule has 0 radical (unpaired) electrons.